The monoisotopic (exact) mass is 299 g/mol. The smallest absolute Gasteiger partial charge is 0.289 e. The molecule has 0 fully saturated rings. The van der Waals surface area contributed by atoms with Gasteiger partial charge in [0.15, 0.2) is 0 Å². The molecule has 0 aliphatic heterocycles. The summed E-state index contributed by atoms with van der Waals surface area (Å²) in [6.45, 7) is 3.94. The molecule has 0 amide bonds. The normalized spacial score (nSPS) is 11.7. The van der Waals surface area contributed by atoms with Crippen LogP contribution in [0, 0.1) is 13.8 Å². The highest BCUT2D eigenvalue weighted by molar-refractivity contribution is 7.10. The zero-order valence-corrected chi connectivity index (χ0v) is 11.7. The number of alkyl halides is 3. The van der Waals surface area contributed by atoms with Crippen LogP contribution in [0.4, 0.5) is 13.2 Å². The molecule has 0 bridgehead atoms. The van der Waals surface area contributed by atoms with Gasteiger partial charge in [0.2, 0.25) is 5.78 Å². The molecule has 0 spiro atoms. The molecule has 0 aliphatic rings. The summed E-state index contributed by atoms with van der Waals surface area (Å²) in [5.74, 6) is -1.77. The van der Waals surface area contributed by atoms with Gasteiger partial charge >= 0.3 is 6.18 Å². The number of hydrogen-bond donors (Lipinski definition) is 0. The van der Waals surface area contributed by atoms with Crippen LogP contribution in [0.5, 0.6) is 0 Å². The van der Waals surface area contributed by atoms with Gasteiger partial charge in [-0.1, -0.05) is 12.1 Å². The second kappa shape index (κ2) is 5.36. The maximum Gasteiger partial charge on any atom is 0.450 e. The van der Waals surface area contributed by atoms with Crippen LogP contribution >= 0.6 is 11.3 Å². The molecule has 6 heteroatoms. The lowest BCUT2D eigenvalue weighted by atomic mass is 10.1. The average Bonchev–Trinajstić information content (AvgIpc) is 2.80. The van der Waals surface area contributed by atoms with E-state index < -0.39 is 18.4 Å². The largest absolute Gasteiger partial charge is 0.450 e. The molecule has 0 N–H and O–H groups in total. The Hall–Kier alpha value is -1.69. The molecular formula is C14H12F3NOS. The minimum Gasteiger partial charge on any atom is -0.289 e. The van der Waals surface area contributed by atoms with E-state index >= 15 is 0 Å². The zero-order valence-electron chi connectivity index (χ0n) is 10.9. The Balaban J connectivity index is 2.21. The first kappa shape index (κ1) is 14.7. The van der Waals surface area contributed by atoms with Gasteiger partial charge < -0.3 is 0 Å². The van der Waals surface area contributed by atoms with Crippen molar-refractivity contribution in [3.8, 4) is 11.3 Å². The molecule has 2 nitrogen and oxygen atoms in total. The van der Waals surface area contributed by atoms with Gasteiger partial charge in [0.05, 0.1) is 12.1 Å². The Kier molecular flexibility index (Phi) is 3.94. The van der Waals surface area contributed by atoms with E-state index in [1.165, 1.54) is 0 Å². The van der Waals surface area contributed by atoms with Crippen LogP contribution in [0.15, 0.2) is 23.6 Å². The maximum absolute atomic E-state index is 12.2. The lowest BCUT2D eigenvalue weighted by Crippen LogP contribution is -2.24. The molecule has 0 atom stereocenters. The van der Waals surface area contributed by atoms with E-state index in [9.17, 15) is 18.0 Å². The fourth-order valence-electron chi connectivity index (χ4n) is 1.66. The van der Waals surface area contributed by atoms with Crippen LogP contribution in [0.1, 0.15) is 16.1 Å². The molecule has 0 radical (unpaired) electrons. The summed E-state index contributed by atoms with van der Waals surface area (Å²) in [6, 6.07) is 5.73. The van der Waals surface area contributed by atoms with Crippen LogP contribution in [-0.4, -0.2) is 16.9 Å². The van der Waals surface area contributed by atoms with Gasteiger partial charge in [0.25, 0.3) is 0 Å². The van der Waals surface area contributed by atoms with E-state index in [-0.39, 0.29) is 5.01 Å². The zero-order chi connectivity index (χ0) is 14.9. The van der Waals surface area contributed by atoms with Crippen LogP contribution in [-0.2, 0) is 11.2 Å². The second-order valence-corrected chi connectivity index (χ2v) is 5.47. The number of ketones is 1. The van der Waals surface area contributed by atoms with Gasteiger partial charge in [-0.05, 0) is 31.0 Å². The topological polar surface area (TPSA) is 30.0 Å². The van der Waals surface area contributed by atoms with Crippen LogP contribution in [0.2, 0.25) is 0 Å². The fraction of sp³-hybridized carbons (Fsp3) is 0.286. The number of carbonyl (C=O) groups is 1. The number of benzene rings is 1. The maximum atomic E-state index is 12.2. The number of halogens is 3. The molecular weight excluding hydrogens is 287 g/mol. The molecule has 0 saturated heterocycles. The van der Waals surface area contributed by atoms with Crippen molar-refractivity contribution in [3.63, 3.8) is 0 Å². The minimum absolute atomic E-state index is 0.181. The predicted molar refractivity (Wildman–Crippen MR) is 71.8 cm³/mol. The molecule has 2 rings (SSSR count). The Bertz CT molecular complexity index is 646. The molecule has 1 heterocycles. The SMILES string of the molecule is Cc1ccc(-c2csc(CC(=O)C(F)(F)F)n2)cc1C. The molecule has 0 saturated carbocycles. The molecule has 106 valence electrons. The molecule has 1 aromatic carbocycles. The van der Waals surface area contributed by atoms with E-state index in [1.807, 2.05) is 32.0 Å². The van der Waals surface area contributed by atoms with Gasteiger partial charge in [-0.25, -0.2) is 4.98 Å². The minimum atomic E-state index is -4.80. The van der Waals surface area contributed by atoms with E-state index in [1.54, 1.807) is 5.38 Å². The van der Waals surface area contributed by atoms with Crippen molar-refractivity contribution in [2.75, 3.05) is 0 Å². The number of aryl methyl sites for hydroxylation is 2. The number of carbonyl (C=O) groups excluding carboxylic acids is 1. The van der Waals surface area contributed by atoms with Crippen molar-refractivity contribution < 1.29 is 18.0 Å². The van der Waals surface area contributed by atoms with E-state index in [4.69, 9.17) is 0 Å². The summed E-state index contributed by atoms with van der Waals surface area (Å²) in [7, 11) is 0. The van der Waals surface area contributed by atoms with Crippen molar-refractivity contribution in [2.45, 2.75) is 26.4 Å². The lowest BCUT2D eigenvalue weighted by molar-refractivity contribution is -0.170. The van der Waals surface area contributed by atoms with Gasteiger partial charge in [-0.15, -0.1) is 11.3 Å². The highest BCUT2D eigenvalue weighted by Crippen LogP contribution is 2.26. The van der Waals surface area contributed by atoms with Gasteiger partial charge in [0.1, 0.15) is 5.01 Å². The molecule has 0 aliphatic carbocycles. The third-order valence-electron chi connectivity index (χ3n) is 2.98. The summed E-state index contributed by atoms with van der Waals surface area (Å²) in [6.07, 6.45) is -5.49. The third-order valence-corrected chi connectivity index (χ3v) is 3.83. The first-order chi connectivity index (χ1) is 9.27. The summed E-state index contributed by atoms with van der Waals surface area (Å²) in [5, 5.41) is 1.85. The fourth-order valence-corrected chi connectivity index (χ4v) is 2.46. The van der Waals surface area contributed by atoms with Crippen LogP contribution in [0.3, 0.4) is 0 Å². The van der Waals surface area contributed by atoms with Crippen LogP contribution in [0.25, 0.3) is 11.3 Å². The molecule has 20 heavy (non-hydrogen) atoms. The number of rotatable bonds is 3. The Morgan fingerprint density at radius 3 is 2.55 bits per heavy atom. The Labute approximate surface area is 118 Å². The Morgan fingerprint density at radius 2 is 1.95 bits per heavy atom. The summed E-state index contributed by atoms with van der Waals surface area (Å²) >= 11 is 1.07. The number of aromatic nitrogens is 1. The van der Waals surface area contributed by atoms with Gasteiger partial charge in [-0.3, -0.25) is 4.79 Å². The average molecular weight is 299 g/mol. The van der Waals surface area contributed by atoms with Crippen molar-refractivity contribution in [1.29, 1.82) is 0 Å². The lowest BCUT2D eigenvalue weighted by Gasteiger charge is -2.03. The van der Waals surface area contributed by atoms with Gasteiger partial charge in [0, 0.05) is 10.9 Å². The third kappa shape index (κ3) is 3.25. The van der Waals surface area contributed by atoms with E-state index in [0.29, 0.717) is 5.69 Å². The van der Waals surface area contributed by atoms with E-state index in [2.05, 4.69) is 4.98 Å². The Morgan fingerprint density at radius 1 is 1.25 bits per heavy atom. The highest BCUT2D eigenvalue weighted by atomic mass is 32.1. The van der Waals surface area contributed by atoms with Crippen molar-refractivity contribution in [2.24, 2.45) is 0 Å². The summed E-state index contributed by atoms with van der Waals surface area (Å²) in [4.78, 5) is 15.0. The van der Waals surface area contributed by atoms with Crippen molar-refractivity contribution in [1.82, 2.24) is 4.98 Å². The van der Waals surface area contributed by atoms with Crippen molar-refractivity contribution >= 4 is 17.1 Å². The van der Waals surface area contributed by atoms with Crippen LogP contribution < -0.4 is 0 Å². The molecule has 2 aromatic rings. The predicted octanol–water partition coefficient (Wildman–Crippen LogP) is 4.10. The number of thiazole rings is 1. The van der Waals surface area contributed by atoms with Gasteiger partial charge in [-0.2, -0.15) is 13.2 Å². The summed E-state index contributed by atoms with van der Waals surface area (Å²) in [5.41, 5.74) is 3.66. The second-order valence-electron chi connectivity index (χ2n) is 4.52. The molecule has 0 unspecified atom stereocenters. The summed E-state index contributed by atoms with van der Waals surface area (Å²) < 4.78 is 36.6. The number of nitrogens with zero attached hydrogens (tertiary/aromatic N) is 1. The van der Waals surface area contributed by atoms with E-state index in [0.717, 1.165) is 28.0 Å². The highest BCUT2D eigenvalue weighted by Gasteiger charge is 2.38. The number of Topliss-reactive ketones (excluding diaryl/α,β-unsaturated/α-hetero) is 1. The van der Waals surface area contributed by atoms with Crippen molar-refractivity contribution in [3.05, 3.63) is 39.7 Å². The quantitative estimate of drug-likeness (QED) is 0.854. The first-order valence-electron chi connectivity index (χ1n) is 5.89. The standard InChI is InChI=1S/C14H12F3NOS/c1-8-3-4-10(5-9(8)2)11-7-20-13(18-11)6-12(19)14(15,16)17/h3-5,7H,6H2,1-2H3. The first-order valence-corrected chi connectivity index (χ1v) is 6.77. The molecule has 1 aromatic heterocycles. The number of hydrogen-bond acceptors (Lipinski definition) is 3.